The van der Waals surface area contributed by atoms with Crippen LogP contribution >= 0.6 is 11.3 Å². The Morgan fingerprint density at radius 2 is 2.20 bits per heavy atom. The molecule has 108 valence electrons. The van der Waals surface area contributed by atoms with E-state index in [0.717, 1.165) is 10.4 Å². The van der Waals surface area contributed by atoms with Gasteiger partial charge >= 0.3 is 17.8 Å². The Morgan fingerprint density at radius 3 is 2.85 bits per heavy atom. The van der Waals surface area contributed by atoms with Gasteiger partial charge in [0.15, 0.2) is 6.04 Å². The summed E-state index contributed by atoms with van der Waals surface area (Å²) >= 11 is 1.53. The van der Waals surface area contributed by atoms with Gasteiger partial charge in [-0.1, -0.05) is 0 Å². The maximum Gasteiger partial charge on any atom is 0.397 e. The van der Waals surface area contributed by atoms with Crippen molar-refractivity contribution < 1.29 is 23.9 Å². The average Bonchev–Trinajstić information content (AvgIpc) is 2.93. The summed E-state index contributed by atoms with van der Waals surface area (Å²) in [5.74, 6) is -2.30. The molecule has 1 aliphatic heterocycles. The second kappa shape index (κ2) is 6.04. The van der Waals surface area contributed by atoms with Crippen LogP contribution in [0.3, 0.4) is 0 Å². The molecule has 0 bridgehead atoms. The average molecular weight is 297 g/mol. The minimum atomic E-state index is -0.944. The number of hydrogen-bond acceptors (Lipinski definition) is 6. The lowest BCUT2D eigenvalue weighted by molar-refractivity contribution is -0.165. The van der Waals surface area contributed by atoms with E-state index in [1.807, 2.05) is 5.38 Å². The highest BCUT2D eigenvalue weighted by Crippen LogP contribution is 2.34. The minimum absolute atomic E-state index is 0.116. The predicted molar refractivity (Wildman–Crippen MR) is 71.1 cm³/mol. The number of ether oxygens (including phenoxy) is 2. The summed E-state index contributed by atoms with van der Waals surface area (Å²) in [6.45, 7) is 2.03. The first-order valence-corrected chi connectivity index (χ1v) is 7.10. The van der Waals surface area contributed by atoms with Gasteiger partial charge in [-0.3, -0.25) is 4.79 Å². The molecule has 2 rings (SSSR count). The summed E-state index contributed by atoms with van der Waals surface area (Å²) in [7, 11) is 1.26. The van der Waals surface area contributed by atoms with Gasteiger partial charge in [-0.05, 0) is 30.4 Å². The van der Waals surface area contributed by atoms with Crippen LogP contribution in [0.1, 0.15) is 23.4 Å². The Morgan fingerprint density at radius 1 is 1.45 bits per heavy atom. The van der Waals surface area contributed by atoms with Gasteiger partial charge in [0.2, 0.25) is 0 Å². The Hall–Kier alpha value is -1.89. The standard InChI is InChI=1S/C13H15NO5S/c1-3-19-13(17)11(15)14-6-4-9-8(5-7-20-9)10(14)12(16)18-2/h5,7,10H,3-4,6H2,1-2H3. The molecule has 20 heavy (non-hydrogen) atoms. The van der Waals surface area contributed by atoms with E-state index in [9.17, 15) is 14.4 Å². The molecule has 2 heterocycles. The number of carbonyl (C=O) groups excluding carboxylic acids is 3. The van der Waals surface area contributed by atoms with Crippen molar-refractivity contribution in [3.8, 4) is 0 Å². The molecule has 0 aliphatic carbocycles. The van der Waals surface area contributed by atoms with Gasteiger partial charge in [0.25, 0.3) is 0 Å². The van der Waals surface area contributed by atoms with Crippen molar-refractivity contribution in [1.82, 2.24) is 4.90 Å². The number of thiophene rings is 1. The van der Waals surface area contributed by atoms with Crippen molar-refractivity contribution in [1.29, 1.82) is 0 Å². The van der Waals surface area contributed by atoms with Crippen LogP contribution in [0.2, 0.25) is 0 Å². The van der Waals surface area contributed by atoms with Gasteiger partial charge < -0.3 is 14.4 Å². The van der Waals surface area contributed by atoms with Gasteiger partial charge in [0.05, 0.1) is 13.7 Å². The van der Waals surface area contributed by atoms with E-state index < -0.39 is 23.9 Å². The third-order valence-corrected chi connectivity index (χ3v) is 4.10. The molecule has 7 heteroatoms. The molecule has 0 fully saturated rings. The number of nitrogens with zero attached hydrogens (tertiary/aromatic N) is 1. The van der Waals surface area contributed by atoms with E-state index in [1.54, 1.807) is 13.0 Å². The van der Waals surface area contributed by atoms with Gasteiger partial charge in [0, 0.05) is 11.4 Å². The molecule has 0 N–H and O–H groups in total. The van der Waals surface area contributed by atoms with E-state index in [2.05, 4.69) is 0 Å². The molecule has 0 saturated heterocycles. The van der Waals surface area contributed by atoms with E-state index in [0.29, 0.717) is 13.0 Å². The normalized spacial score (nSPS) is 17.3. The Labute approximate surface area is 120 Å². The first-order valence-electron chi connectivity index (χ1n) is 6.22. The lowest BCUT2D eigenvalue weighted by Crippen LogP contribution is -2.46. The zero-order chi connectivity index (χ0) is 14.7. The van der Waals surface area contributed by atoms with Crippen molar-refractivity contribution in [3.63, 3.8) is 0 Å². The fourth-order valence-corrected chi connectivity index (χ4v) is 3.11. The molecular weight excluding hydrogens is 282 g/mol. The van der Waals surface area contributed by atoms with Crippen LogP contribution in [0.25, 0.3) is 0 Å². The number of carbonyl (C=O) groups is 3. The summed E-state index contributed by atoms with van der Waals surface area (Å²) in [5.41, 5.74) is 0.728. The Balaban J connectivity index is 2.31. The van der Waals surface area contributed by atoms with Crippen LogP contribution in [-0.4, -0.2) is 43.0 Å². The van der Waals surface area contributed by atoms with Crippen molar-refractivity contribution in [3.05, 3.63) is 21.9 Å². The monoisotopic (exact) mass is 297 g/mol. The first kappa shape index (κ1) is 14.5. The maximum absolute atomic E-state index is 12.1. The minimum Gasteiger partial charge on any atom is -0.467 e. The summed E-state index contributed by atoms with van der Waals surface area (Å²) in [4.78, 5) is 37.9. The van der Waals surface area contributed by atoms with Crippen molar-refractivity contribution >= 4 is 29.2 Å². The first-order chi connectivity index (χ1) is 9.60. The molecule has 1 aromatic heterocycles. The lowest BCUT2D eigenvalue weighted by atomic mass is 10.00. The van der Waals surface area contributed by atoms with Gasteiger partial charge in [-0.25, -0.2) is 9.59 Å². The smallest absolute Gasteiger partial charge is 0.397 e. The third kappa shape index (κ3) is 2.53. The number of rotatable bonds is 2. The van der Waals surface area contributed by atoms with Crippen LogP contribution in [-0.2, 0) is 30.3 Å². The molecule has 1 atom stereocenters. The van der Waals surface area contributed by atoms with Crippen LogP contribution < -0.4 is 0 Å². The molecule has 1 aromatic rings. The van der Waals surface area contributed by atoms with Crippen LogP contribution in [0.5, 0.6) is 0 Å². The molecule has 1 amide bonds. The summed E-state index contributed by atoms with van der Waals surface area (Å²) < 4.78 is 9.46. The quantitative estimate of drug-likeness (QED) is 0.599. The Bertz CT molecular complexity index is 539. The summed E-state index contributed by atoms with van der Waals surface area (Å²) in [5, 5.41) is 1.86. The molecule has 0 spiro atoms. The topological polar surface area (TPSA) is 72.9 Å². The fraction of sp³-hybridized carbons (Fsp3) is 0.462. The molecule has 1 unspecified atom stereocenters. The highest BCUT2D eigenvalue weighted by Gasteiger charge is 2.40. The fourth-order valence-electron chi connectivity index (χ4n) is 2.21. The third-order valence-electron chi connectivity index (χ3n) is 3.10. The van der Waals surface area contributed by atoms with Gasteiger partial charge in [-0.15, -0.1) is 11.3 Å². The van der Waals surface area contributed by atoms with E-state index in [1.165, 1.54) is 23.3 Å². The second-order valence-electron chi connectivity index (χ2n) is 4.19. The van der Waals surface area contributed by atoms with Crippen molar-refractivity contribution in [2.24, 2.45) is 0 Å². The number of methoxy groups -OCH3 is 1. The van der Waals surface area contributed by atoms with Gasteiger partial charge in [-0.2, -0.15) is 0 Å². The second-order valence-corrected chi connectivity index (χ2v) is 5.19. The highest BCUT2D eigenvalue weighted by molar-refractivity contribution is 7.10. The molecular formula is C13H15NO5S. The summed E-state index contributed by atoms with van der Waals surface area (Å²) in [6, 6.07) is 0.915. The molecule has 1 aliphatic rings. The highest BCUT2D eigenvalue weighted by atomic mass is 32.1. The van der Waals surface area contributed by atoms with E-state index in [4.69, 9.17) is 9.47 Å². The predicted octanol–water partition coefficient (Wildman–Crippen LogP) is 0.910. The lowest BCUT2D eigenvalue weighted by Gasteiger charge is -2.33. The Kier molecular flexibility index (Phi) is 4.39. The molecule has 0 saturated carbocycles. The number of hydrogen-bond donors (Lipinski definition) is 0. The molecule has 0 aromatic carbocycles. The zero-order valence-electron chi connectivity index (χ0n) is 11.3. The zero-order valence-corrected chi connectivity index (χ0v) is 12.1. The number of amides is 1. The van der Waals surface area contributed by atoms with Crippen LogP contribution in [0.4, 0.5) is 0 Å². The molecule has 6 nitrogen and oxygen atoms in total. The van der Waals surface area contributed by atoms with Crippen LogP contribution in [0.15, 0.2) is 11.4 Å². The number of esters is 2. The van der Waals surface area contributed by atoms with Crippen LogP contribution in [0, 0.1) is 0 Å². The van der Waals surface area contributed by atoms with E-state index in [-0.39, 0.29) is 6.61 Å². The maximum atomic E-state index is 12.1. The van der Waals surface area contributed by atoms with E-state index >= 15 is 0 Å². The van der Waals surface area contributed by atoms with Crippen molar-refractivity contribution in [2.45, 2.75) is 19.4 Å². The number of fused-ring (bicyclic) bond motifs is 1. The summed E-state index contributed by atoms with van der Waals surface area (Å²) in [6.07, 6.45) is 0.617. The van der Waals surface area contributed by atoms with Crippen molar-refractivity contribution in [2.75, 3.05) is 20.3 Å². The SMILES string of the molecule is CCOC(=O)C(=O)N1CCc2sccc2C1C(=O)OC. The molecule has 0 radical (unpaired) electrons. The van der Waals surface area contributed by atoms with Gasteiger partial charge in [0.1, 0.15) is 0 Å². The largest absolute Gasteiger partial charge is 0.467 e.